The summed E-state index contributed by atoms with van der Waals surface area (Å²) >= 11 is 1.60. The first-order valence-corrected chi connectivity index (χ1v) is 12.9. The van der Waals surface area contributed by atoms with Gasteiger partial charge in [0.15, 0.2) is 0 Å². The molecule has 0 bridgehead atoms. The molecule has 0 saturated heterocycles. The molecule has 3 aromatic rings. The zero-order valence-corrected chi connectivity index (χ0v) is 21.3. The molecule has 1 aliphatic rings. The average Bonchev–Trinajstić information content (AvgIpc) is 3.25. The van der Waals surface area contributed by atoms with Crippen LogP contribution in [0.3, 0.4) is 0 Å². The van der Waals surface area contributed by atoms with Gasteiger partial charge in [-0.2, -0.15) is 4.98 Å². The number of allylic oxidation sites excluding steroid dienone is 1. The fourth-order valence-electron chi connectivity index (χ4n) is 3.97. The number of amides is 1. The molecule has 2 N–H and O–H groups in total. The van der Waals surface area contributed by atoms with Crippen molar-refractivity contribution in [3.63, 3.8) is 0 Å². The molecule has 9 heteroatoms. The van der Waals surface area contributed by atoms with Crippen LogP contribution >= 0.6 is 11.8 Å². The first kappa shape index (κ1) is 24.7. The third kappa shape index (κ3) is 5.45. The number of thioether (sulfide) groups is 1. The van der Waals surface area contributed by atoms with E-state index in [2.05, 4.69) is 22.5 Å². The van der Waals surface area contributed by atoms with Gasteiger partial charge in [0, 0.05) is 11.4 Å². The van der Waals surface area contributed by atoms with Gasteiger partial charge in [-0.3, -0.25) is 4.79 Å². The molecule has 0 saturated carbocycles. The smallest absolute Gasteiger partial charge is 0.255 e. The minimum atomic E-state index is -0.477. The van der Waals surface area contributed by atoms with Crippen LogP contribution < -0.4 is 20.1 Å². The van der Waals surface area contributed by atoms with E-state index in [4.69, 9.17) is 14.6 Å². The number of carbonyl (C=O) groups is 1. The summed E-state index contributed by atoms with van der Waals surface area (Å²) in [6.07, 6.45) is 1.02. The Labute approximate surface area is 210 Å². The van der Waals surface area contributed by atoms with Gasteiger partial charge < -0.3 is 20.1 Å². The summed E-state index contributed by atoms with van der Waals surface area (Å²) in [5, 5.41) is 11.8. The SMILES string of the molecule is CCCSc1nc2n(n1)C(c1cccc(OCC)c1)C(C(=O)Nc1ccccc1OCC)=C(C)N2. The molecule has 2 heterocycles. The van der Waals surface area contributed by atoms with E-state index in [1.54, 1.807) is 16.4 Å². The van der Waals surface area contributed by atoms with Crippen LogP contribution in [0.2, 0.25) is 0 Å². The van der Waals surface area contributed by atoms with E-state index >= 15 is 0 Å². The fraction of sp³-hybridized carbons (Fsp3) is 0.346. The van der Waals surface area contributed by atoms with Gasteiger partial charge in [0.25, 0.3) is 5.91 Å². The summed E-state index contributed by atoms with van der Waals surface area (Å²) in [6, 6.07) is 14.7. The van der Waals surface area contributed by atoms with Crippen LogP contribution in [0.1, 0.15) is 45.7 Å². The number of para-hydroxylation sites is 2. The summed E-state index contributed by atoms with van der Waals surface area (Å²) in [4.78, 5) is 18.4. The van der Waals surface area contributed by atoms with Gasteiger partial charge in [-0.25, -0.2) is 4.68 Å². The summed E-state index contributed by atoms with van der Waals surface area (Å²) < 4.78 is 13.2. The third-order valence-electron chi connectivity index (χ3n) is 5.43. The van der Waals surface area contributed by atoms with Gasteiger partial charge in [0.1, 0.15) is 17.5 Å². The molecule has 0 spiro atoms. The number of hydrogen-bond acceptors (Lipinski definition) is 7. The lowest BCUT2D eigenvalue weighted by atomic mass is 9.94. The maximum Gasteiger partial charge on any atom is 0.255 e. The predicted molar refractivity (Wildman–Crippen MR) is 139 cm³/mol. The maximum atomic E-state index is 13.8. The molecular weight excluding hydrogens is 462 g/mol. The number of ether oxygens (including phenoxy) is 2. The van der Waals surface area contributed by atoms with Crippen LogP contribution in [-0.2, 0) is 4.79 Å². The van der Waals surface area contributed by atoms with E-state index in [0.717, 1.165) is 29.2 Å². The number of aromatic nitrogens is 3. The molecule has 1 atom stereocenters. The summed E-state index contributed by atoms with van der Waals surface area (Å²) in [7, 11) is 0. The molecule has 0 fully saturated rings. The minimum Gasteiger partial charge on any atom is -0.494 e. The van der Waals surface area contributed by atoms with Crippen LogP contribution in [0.15, 0.2) is 65.0 Å². The van der Waals surface area contributed by atoms with E-state index in [9.17, 15) is 4.79 Å². The summed E-state index contributed by atoms with van der Waals surface area (Å²) in [6.45, 7) is 8.93. The molecule has 1 unspecified atom stereocenters. The molecule has 0 radical (unpaired) electrons. The lowest BCUT2D eigenvalue weighted by Crippen LogP contribution is -2.31. The van der Waals surface area contributed by atoms with Crippen molar-refractivity contribution in [2.75, 3.05) is 29.6 Å². The highest BCUT2D eigenvalue weighted by Gasteiger charge is 2.35. The van der Waals surface area contributed by atoms with E-state index in [1.807, 2.05) is 69.3 Å². The normalized spacial score (nSPS) is 14.8. The zero-order valence-electron chi connectivity index (χ0n) is 20.5. The number of nitrogens with one attached hydrogen (secondary N) is 2. The van der Waals surface area contributed by atoms with Gasteiger partial charge in [-0.1, -0.05) is 43.0 Å². The second kappa shape index (κ2) is 11.3. The van der Waals surface area contributed by atoms with Gasteiger partial charge in [-0.15, -0.1) is 5.10 Å². The van der Waals surface area contributed by atoms with Crippen LogP contribution in [0.4, 0.5) is 11.6 Å². The standard InChI is InChI=1S/C26H31N5O3S/c1-5-15-35-26-29-25-27-17(4)22(24(32)28-20-13-8-9-14-21(20)34-7-3)23(31(25)30-26)18-11-10-12-19(16-18)33-6-2/h8-14,16,23H,5-7,15H2,1-4H3,(H,28,32)(H,27,29,30). The molecule has 2 aromatic carbocycles. The number of benzene rings is 2. The fourth-order valence-corrected chi connectivity index (χ4v) is 4.65. The maximum absolute atomic E-state index is 13.8. The van der Waals surface area contributed by atoms with E-state index in [1.165, 1.54) is 0 Å². The van der Waals surface area contributed by atoms with Crippen molar-refractivity contribution in [3.05, 3.63) is 65.4 Å². The molecule has 0 aliphatic carbocycles. The van der Waals surface area contributed by atoms with Crippen molar-refractivity contribution < 1.29 is 14.3 Å². The number of hydrogen-bond donors (Lipinski definition) is 2. The van der Waals surface area contributed by atoms with Crippen molar-refractivity contribution in [1.29, 1.82) is 0 Å². The topological polar surface area (TPSA) is 90.3 Å². The Bertz CT molecular complexity index is 1220. The number of rotatable bonds is 10. The second-order valence-electron chi connectivity index (χ2n) is 7.97. The van der Waals surface area contributed by atoms with E-state index in [0.29, 0.717) is 41.3 Å². The van der Waals surface area contributed by atoms with Crippen molar-refractivity contribution in [3.8, 4) is 11.5 Å². The van der Waals surface area contributed by atoms with Gasteiger partial charge in [0.2, 0.25) is 11.1 Å². The summed E-state index contributed by atoms with van der Waals surface area (Å²) in [5.41, 5.74) is 2.77. The Morgan fingerprint density at radius 2 is 1.91 bits per heavy atom. The average molecular weight is 494 g/mol. The van der Waals surface area contributed by atoms with Gasteiger partial charge in [0.05, 0.1) is 24.5 Å². The number of fused-ring (bicyclic) bond motifs is 1. The molecule has 1 aromatic heterocycles. The minimum absolute atomic E-state index is 0.238. The van der Waals surface area contributed by atoms with Crippen molar-refractivity contribution in [2.45, 2.75) is 45.3 Å². The lowest BCUT2D eigenvalue weighted by molar-refractivity contribution is -0.113. The van der Waals surface area contributed by atoms with Crippen molar-refractivity contribution >= 4 is 29.3 Å². The number of nitrogens with zero attached hydrogens (tertiary/aromatic N) is 3. The first-order chi connectivity index (χ1) is 17.0. The second-order valence-corrected chi connectivity index (χ2v) is 9.03. The van der Waals surface area contributed by atoms with Crippen molar-refractivity contribution in [1.82, 2.24) is 14.8 Å². The molecular formula is C26H31N5O3S. The lowest BCUT2D eigenvalue weighted by Gasteiger charge is -2.29. The molecule has 1 aliphatic heterocycles. The Hall–Kier alpha value is -3.46. The monoisotopic (exact) mass is 493 g/mol. The van der Waals surface area contributed by atoms with E-state index < -0.39 is 6.04 Å². The highest BCUT2D eigenvalue weighted by atomic mass is 32.2. The summed E-state index contributed by atoms with van der Waals surface area (Å²) in [5.74, 6) is 2.66. The van der Waals surface area contributed by atoms with Crippen LogP contribution in [-0.4, -0.2) is 39.6 Å². The highest BCUT2D eigenvalue weighted by molar-refractivity contribution is 7.99. The quantitative estimate of drug-likeness (QED) is 0.360. The number of carbonyl (C=O) groups excluding carboxylic acids is 1. The van der Waals surface area contributed by atoms with Crippen LogP contribution in [0.25, 0.3) is 0 Å². The Balaban J connectivity index is 1.76. The molecule has 35 heavy (non-hydrogen) atoms. The molecule has 1 amide bonds. The van der Waals surface area contributed by atoms with Crippen molar-refractivity contribution in [2.24, 2.45) is 0 Å². The third-order valence-corrected chi connectivity index (χ3v) is 6.48. The van der Waals surface area contributed by atoms with Gasteiger partial charge in [-0.05, 0) is 57.0 Å². The largest absolute Gasteiger partial charge is 0.494 e. The van der Waals surface area contributed by atoms with E-state index in [-0.39, 0.29) is 5.91 Å². The molecule has 8 nitrogen and oxygen atoms in total. The zero-order chi connectivity index (χ0) is 24.8. The highest BCUT2D eigenvalue weighted by Crippen LogP contribution is 2.38. The molecule has 184 valence electrons. The Morgan fingerprint density at radius 3 is 2.69 bits per heavy atom. The predicted octanol–water partition coefficient (Wildman–Crippen LogP) is 5.51. The van der Waals surface area contributed by atoms with Gasteiger partial charge >= 0.3 is 0 Å². The Morgan fingerprint density at radius 1 is 1.11 bits per heavy atom. The Kier molecular flexibility index (Phi) is 7.97. The van der Waals surface area contributed by atoms with Crippen LogP contribution in [0.5, 0.6) is 11.5 Å². The number of anilines is 2. The van der Waals surface area contributed by atoms with Crippen LogP contribution in [0, 0.1) is 0 Å². The molecule has 4 rings (SSSR count). The first-order valence-electron chi connectivity index (χ1n) is 11.9.